The van der Waals surface area contributed by atoms with E-state index < -0.39 is 0 Å². The summed E-state index contributed by atoms with van der Waals surface area (Å²) in [5.74, 6) is 0.624. The molecule has 3 atom stereocenters. The van der Waals surface area contributed by atoms with Gasteiger partial charge >= 0.3 is 0 Å². The zero-order valence-electron chi connectivity index (χ0n) is 5.32. The third-order valence-electron chi connectivity index (χ3n) is 1.84. The quantitative estimate of drug-likeness (QED) is 0.583. The summed E-state index contributed by atoms with van der Waals surface area (Å²) in [6.45, 7) is 4.05. The van der Waals surface area contributed by atoms with E-state index in [1.807, 2.05) is 0 Å². The molecule has 0 saturated heterocycles. The van der Waals surface area contributed by atoms with Gasteiger partial charge in [0.15, 0.2) is 0 Å². The topological polar surface area (TPSA) is 0 Å². The Labute approximate surface area is 73.7 Å². The molecule has 2 heteroatoms. The van der Waals surface area contributed by atoms with E-state index in [-0.39, 0.29) is 0 Å². The van der Waals surface area contributed by atoms with E-state index in [0.29, 0.717) is 10.7 Å². The first-order chi connectivity index (χ1) is 4.20. The summed E-state index contributed by atoms with van der Waals surface area (Å²) in [4.78, 5) is 1.36. The molecule has 0 bridgehead atoms. The summed E-state index contributed by atoms with van der Waals surface area (Å²) < 4.78 is 0. The molecule has 1 fully saturated rings. The van der Waals surface area contributed by atoms with Crippen LogP contribution >= 0.6 is 31.9 Å². The van der Waals surface area contributed by atoms with E-state index in [4.69, 9.17) is 0 Å². The van der Waals surface area contributed by atoms with E-state index in [1.54, 1.807) is 0 Å². The van der Waals surface area contributed by atoms with Gasteiger partial charge in [0.2, 0.25) is 0 Å². The molecule has 1 aliphatic rings. The third-order valence-corrected chi connectivity index (χ3v) is 3.80. The van der Waals surface area contributed by atoms with Gasteiger partial charge in [-0.1, -0.05) is 31.9 Å². The highest BCUT2D eigenvalue weighted by Gasteiger charge is 2.23. The first-order valence-corrected chi connectivity index (χ1v) is 5.14. The van der Waals surface area contributed by atoms with Crippen LogP contribution in [0.4, 0.5) is 0 Å². The molecule has 1 radical (unpaired) electrons. The van der Waals surface area contributed by atoms with Gasteiger partial charge < -0.3 is 0 Å². The number of hydrogen-bond acceptors (Lipinski definition) is 0. The fraction of sp³-hybridized carbons (Fsp3) is 0.857. The standard InChI is InChI=1S/C7H11Br2/c1-5-2-3-6(8)4-7(5)9/h5-7H,1-4H2. The van der Waals surface area contributed by atoms with Gasteiger partial charge in [-0.05, 0) is 32.1 Å². The Bertz CT molecular complexity index is 92.9. The molecule has 1 rings (SSSR count). The molecule has 1 aliphatic carbocycles. The number of halogens is 2. The van der Waals surface area contributed by atoms with Crippen LogP contribution in [-0.2, 0) is 0 Å². The van der Waals surface area contributed by atoms with Crippen molar-refractivity contribution >= 4 is 31.9 Å². The molecule has 0 aromatic carbocycles. The summed E-state index contributed by atoms with van der Waals surface area (Å²) in [6, 6.07) is 0. The lowest BCUT2D eigenvalue weighted by Crippen LogP contribution is -2.22. The Morgan fingerprint density at radius 1 is 1.22 bits per heavy atom. The van der Waals surface area contributed by atoms with Gasteiger partial charge in [0.25, 0.3) is 0 Å². The minimum absolute atomic E-state index is 0.624. The molecule has 3 unspecified atom stereocenters. The maximum absolute atomic E-state index is 4.05. The summed E-state index contributed by atoms with van der Waals surface area (Å²) in [7, 11) is 0. The average molecular weight is 255 g/mol. The third kappa shape index (κ3) is 2.23. The van der Waals surface area contributed by atoms with Crippen LogP contribution in [0, 0.1) is 12.8 Å². The van der Waals surface area contributed by atoms with Crippen LogP contribution in [-0.4, -0.2) is 9.65 Å². The molecule has 0 aliphatic heterocycles. The molecule has 0 heterocycles. The predicted octanol–water partition coefficient (Wildman–Crippen LogP) is 3.15. The lowest BCUT2D eigenvalue weighted by Gasteiger charge is -2.27. The fourth-order valence-electron chi connectivity index (χ4n) is 1.13. The van der Waals surface area contributed by atoms with Crippen molar-refractivity contribution in [3.05, 3.63) is 6.92 Å². The minimum atomic E-state index is 0.624. The van der Waals surface area contributed by atoms with Crippen molar-refractivity contribution in [2.45, 2.75) is 28.9 Å². The molecule has 0 spiro atoms. The van der Waals surface area contributed by atoms with Crippen LogP contribution in [0.15, 0.2) is 0 Å². The summed E-state index contributed by atoms with van der Waals surface area (Å²) in [5.41, 5.74) is 0. The maximum Gasteiger partial charge on any atom is 0.0184 e. The van der Waals surface area contributed by atoms with Crippen LogP contribution in [0.3, 0.4) is 0 Å². The van der Waals surface area contributed by atoms with Gasteiger partial charge in [0, 0.05) is 9.65 Å². The summed E-state index contributed by atoms with van der Waals surface area (Å²) in [6.07, 6.45) is 3.77. The van der Waals surface area contributed by atoms with E-state index in [9.17, 15) is 0 Å². The zero-order chi connectivity index (χ0) is 6.85. The second-order valence-electron chi connectivity index (χ2n) is 2.69. The van der Waals surface area contributed by atoms with Crippen LogP contribution < -0.4 is 0 Å². The van der Waals surface area contributed by atoms with Gasteiger partial charge in [0.1, 0.15) is 0 Å². The second kappa shape index (κ2) is 3.38. The summed E-state index contributed by atoms with van der Waals surface area (Å²) in [5, 5.41) is 0. The number of alkyl halides is 2. The van der Waals surface area contributed by atoms with Crippen LogP contribution in [0.25, 0.3) is 0 Å². The van der Waals surface area contributed by atoms with Crippen molar-refractivity contribution in [1.82, 2.24) is 0 Å². The molecular formula is C7H11Br2. The van der Waals surface area contributed by atoms with Crippen molar-refractivity contribution in [2.24, 2.45) is 5.92 Å². The number of rotatable bonds is 0. The van der Waals surface area contributed by atoms with Crippen LogP contribution in [0.2, 0.25) is 0 Å². The molecule has 0 aromatic heterocycles. The van der Waals surface area contributed by atoms with E-state index in [1.165, 1.54) is 19.3 Å². The van der Waals surface area contributed by atoms with Crippen molar-refractivity contribution in [2.75, 3.05) is 0 Å². The minimum Gasteiger partial charge on any atom is -0.0890 e. The predicted molar refractivity (Wildman–Crippen MR) is 48.1 cm³/mol. The lowest BCUT2D eigenvalue weighted by molar-refractivity contribution is 0.447. The molecule has 0 amide bonds. The molecule has 9 heavy (non-hydrogen) atoms. The van der Waals surface area contributed by atoms with Gasteiger partial charge in [-0.3, -0.25) is 0 Å². The Morgan fingerprint density at radius 3 is 2.33 bits per heavy atom. The smallest absolute Gasteiger partial charge is 0.0184 e. The Hall–Kier alpha value is 0.960. The molecule has 0 aromatic rings. The summed E-state index contributed by atoms with van der Waals surface area (Å²) >= 11 is 7.20. The van der Waals surface area contributed by atoms with Crippen molar-refractivity contribution in [1.29, 1.82) is 0 Å². The van der Waals surface area contributed by atoms with Crippen molar-refractivity contribution < 1.29 is 0 Å². The van der Waals surface area contributed by atoms with Gasteiger partial charge in [0.05, 0.1) is 0 Å². The highest BCUT2D eigenvalue weighted by molar-refractivity contribution is 9.10. The highest BCUT2D eigenvalue weighted by Crippen LogP contribution is 2.32. The van der Waals surface area contributed by atoms with Crippen LogP contribution in [0.5, 0.6) is 0 Å². The first-order valence-electron chi connectivity index (χ1n) is 3.31. The normalized spacial score (nSPS) is 45.0. The van der Waals surface area contributed by atoms with Crippen molar-refractivity contribution in [3.8, 4) is 0 Å². The van der Waals surface area contributed by atoms with Gasteiger partial charge in [-0.15, -0.1) is 0 Å². The highest BCUT2D eigenvalue weighted by atomic mass is 79.9. The molecule has 0 nitrogen and oxygen atoms in total. The maximum atomic E-state index is 4.05. The average Bonchev–Trinajstić information content (AvgIpc) is 1.80. The molecular weight excluding hydrogens is 244 g/mol. The monoisotopic (exact) mass is 253 g/mol. The largest absolute Gasteiger partial charge is 0.0890 e. The second-order valence-corrected chi connectivity index (χ2v) is 5.16. The van der Waals surface area contributed by atoms with E-state index in [2.05, 4.69) is 38.8 Å². The zero-order valence-corrected chi connectivity index (χ0v) is 8.49. The lowest BCUT2D eigenvalue weighted by atomic mass is 9.91. The van der Waals surface area contributed by atoms with Crippen LogP contribution in [0.1, 0.15) is 19.3 Å². The Balaban J connectivity index is 2.35. The van der Waals surface area contributed by atoms with Gasteiger partial charge in [-0.2, -0.15) is 0 Å². The first kappa shape index (κ1) is 8.06. The van der Waals surface area contributed by atoms with E-state index >= 15 is 0 Å². The number of hydrogen-bond donors (Lipinski definition) is 0. The van der Waals surface area contributed by atoms with Crippen molar-refractivity contribution in [3.63, 3.8) is 0 Å². The Kier molecular flexibility index (Phi) is 3.03. The fourth-order valence-corrected chi connectivity index (χ4v) is 3.01. The SMILES string of the molecule is [CH2]C1CCC(Br)CC1Br. The van der Waals surface area contributed by atoms with E-state index in [0.717, 1.165) is 4.83 Å². The van der Waals surface area contributed by atoms with Gasteiger partial charge in [-0.25, -0.2) is 0 Å². The molecule has 1 saturated carbocycles. The molecule has 53 valence electrons. The Morgan fingerprint density at radius 2 is 1.89 bits per heavy atom. The molecule has 0 N–H and O–H groups in total.